The SMILES string of the molecule is CC1(CC2CCC2)CC(N)CCO1. The molecule has 0 radical (unpaired) electrons. The van der Waals surface area contributed by atoms with Crippen molar-refractivity contribution in [1.29, 1.82) is 0 Å². The zero-order valence-electron chi connectivity index (χ0n) is 8.59. The Morgan fingerprint density at radius 2 is 2.15 bits per heavy atom. The van der Waals surface area contributed by atoms with E-state index < -0.39 is 0 Å². The fourth-order valence-electron chi connectivity index (χ4n) is 2.62. The Morgan fingerprint density at radius 3 is 2.69 bits per heavy atom. The van der Waals surface area contributed by atoms with Crippen LogP contribution >= 0.6 is 0 Å². The summed E-state index contributed by atoms with van der Waals surface area (Å²) in [6.45, 7) is 3.11. The molecule has 2 aliphatic rings. The number of hydrogen-bond acceptors (Lipinski definition) is 2. The number of ether oxygens (including phenoxy) is 1. The number of hydrogen-bond donors (Lipinski definition) is 1. The highest BCUT2D eigenvalue weighted by molar-refractivity contribution is 4.88. The van der Waals surface area contributed by atoms with Crippen LogP contribution in [0.25, 0.3) is 0 Å². The van der Waals surface area contributed by atoms with Crippen LogP contribution in [0.15, 0.2) is 0 Å². The first kappa shape index (κ1) is 9.47. The Kier molecular flexibility index (Phi) is 2.61. The standard InChI is InChI=1S/C11H21NO/c1-11(7-9-3-2-4-9)8-10(12)5-6-13-11/h9-10H,2-8,12H2,1H3. The molecule has 0 aromatic rings. The van der Waals surface area contributed by atoms with E-state index in [1.54, 1.807) is 0 Å². The smallest absolute Gasteiger partial charge is 0.0671 e. The Morgan fingerprint density at radius 1 is 1.38 bits per heavy atom. The van der Waals surface area contributed by atoms with Gasteiger partial charge in [0.2, 0.25) is 0 Å². The molecule has 1 aliphatic heterocycles. The van der Waals surface area contributed by atoms with Crippen LogP contribution in [0.5, 0.6) is 0 Å². The monoisotopic (exact) mass is 183 g/mol. The molecule has 2 fully saturated rings. The second kappa shape index (κ2) is 3.58. The highest BCUT2D eigenvalue weighted by atomic mass is 16.5. The van der Waals surface area contributed by atoms with E-state index in [1.807, 2.05) is 0 Å². The molecule has 1 saturated carbocycles. The summed E-state index contributed by atoms with van der Waals surface area (Å²) in [4.78, 5) is 0. The van der Waals surface area contributed by atoms with E-state index in [9.17, 15) is 0 Å². The highest BCUT2D eigenvalue weighted by Gasteiger charge is 2.35. The van der Waals surface area contributed by atoms with Crippen molar-refractivity contribution >= 4 is 0 Å². The van der Waals surface area contributed by atoms with Crippen LogP contribution in [0.4, 0.5) is 0 Å². The van der Waals surface area contributed by atoms with E-state index in [4.69, 9.17) is 10.5 Å². The van der Waals surface area contributed by atoms with Crippen LogP contribution in [0, 0.1) is 5.92 Å². The third kappa shape index (κ3) is 2.23. The van der Waals surface area contributed by atoms with Crippen molar-refractivity contribution in [3.8, 4) is 0 Å². The van der Waals surface area contributed by atoms with Crippen LogP contribution in [0.2, 0.25) is 0 Å². The summed E-state index contributed by atoms with van der Waals surface area (Å²) in [7, 11) is 0. The van der Waals surface area contributed by atoms with Gasteiger partial charge in [-0.3, -0.25) is 0 Å². The minimum atomic E-state index is 0.1000. The summed E-state index contributed by atoms with van der Waals surface area (Å²) in [5, 5.41) is 0. The molecule has 1 aliphatic carbocycles. The van der Waals surface area contributed by atoms with E-state index in [0.717, 1.165) is 25.4 Å². The molecule has 0 amide bonds. The van der Waals surface area contributed by atoms with Crippen LogP contribution in [-0.2, 0) is 4.74 Å². The van der Waals surface area contributed by atoms with E-state index in [0.29, 0.717) is 6.04 Å². The maximum Gasteiger partial charge on any atom is 0.0671 e. The lowest BCUT2D eigenvalue weighted by molar-refractivity contribution is -0.0904. The third-order valence-corrected chi connectivity index (χ3v) is 3.58. The van der Waals surface area contributed by atoms with Crippen molar-refractivity contribution in [2.24, 2.45) is 11.7 Å². The topological polar surface area (TPSA) is 35.2 Å². The molecule has 2 heteroatoms. The van der Waals surface area contributed by atoms with Gasteiger partial charge in [-0.1, -0.05) is 19.3 Å². The van der Waals surface area contributed by atoms with Gasteiger partial charge in [0.25, 0.3) is 0 Å². The van der Waals surface area contributed by atoms with E-state index >= 15 is 0 Å². The van der Waals surface area contributed by atoms with Gasteiger partial charge in [0, 0.05) is 12.6 Å². The molecule has 0 bridgehead atoms. The number of nitrogens with two attached hydrogens (primary N) is 1. The molecule has 0 aromatic heterocycles. The first-order chi connectivity index (χ1) is 6.18. The Labute approximate surface area is 80.8 Å². The summed E-state index contributed by atoms with van der Waals surface area (Å²) in [5.41, 5.74) is 6.07. The second-order valence-electron chi connectivity index (χ2n) is 5.05. The highest BCUT2D eigenvalue weighted by Crippen LogP contribution is 2.38. The molecule has 2 nitrogen and oxygen atoms in total. The van der Waals surface area contributed by atoms with Crippen molar-refractivity contribution in [3.05, 3.63) is 0 Å². The van der Waals surface area contributed by atoms with Crippen LogP contribution < -0.4 is 5.73 Å². The Hall–Kier alpha value is -0.0800. The van der Waals surface area contributed by atoms with Gasteiger partial charge in [-0.2, -0.15) is 0 Å². The summed E-state index contributed by atoms with van der Waals surface area (Å²) >= 11 is 0. The molecule has 13 heavy (non-hydrogen) atoms. The largest absolute Gasteiger partial charge is 0.375 e. The van der Waals surface area contributed by atoms with Gasteiger partial charge in [-0.25, -0.2) is 0 Å². The molecular weight excluding hydrogens is 162 g/mol. The van der Waals surface area contributed by atoms with Crippen molar-refractivity contribution in [1.82, 2.24) is 0 Å². The van der Waals surface area contributed by atoms with Crippen molar-refractivity contribution in [2.75, 3.05) is 6.61 Å². The average molecular weight is 183 g/mol. The van der Waals surface area contributed by atoms with Crippen LogP contribution in [0.3, 0.4) is 0 Å². The Balaban J connectivity index is 1.85. The molecule has 0 aromatic carbocycles. The van der Waals surface area contributed by atoms with Gasteiger partial charge in [-0.15, -0.1) is 0 Å². The molecule has 1 heterocycles. The maximum absolute atomic E-state index is 5.97. The first-order valence-electron chi connectivity index (χ1n) is 5.57. The fourth-order valence-corrected chi connectivity index (χ4v) is 2.62. The third-order valence-electron chi connectivity index (χ3n) is 3.58. The van der Waals surface area contributed by atoms with Gasteiger partial charge in [0.05, 0.1) is 5.60 Å². The molecule has 2 rings (SSSR count). The van der Waals surface area contributed by atoms with Crippen LogP contribution in [-0.4, -0.2) is 18.2 Å². The normalized spacial score (nSPS) is 41.5. The van der Waals surface area contributed by atoms with Gasteiger partial charge >= 0.3 is 0 Å². The lowest BCUT2D eigenvalue weighted by Crippen LogP contribution is -2.44. The predicted octanol–water partition coefficient (Wildman–Crippen LogP) is 2.07. The van der Waals surface area contributed by atoms with Gasteiger partial charge in [0.1, 0.15) is 0 Å². The molecule has 0 spiro atoms. The van der Waals surface area contributed by atoms with E-state index in [1.165, 1.54) is 25.7 Å². The minimum absolute atomic E-state index is 0.1000. The lowest BCUT2D eigenvalue weighted by atomic mass is 9.75. The van der Waals surface area contributed by atoms with Crippen molar-refractivity contribution in [2.45, 2.75) is 57.1 Å². The zero-order valence-corrected chi connectivity index (χ0v) is 8.59. The Bertz CT molecular complexity index is 179. The number of rotatable bonds is 2. The quantitative estimate of drug-likeness (QED) is 0.711. The van der Waals surface area contributed by atoms with Gasteiger partial charge in [-0.05, 0) is 32.1 Å². The molecule has 2 N–H and O–H groups in total. The van der Waals surface area contributed by atoms with Crippen molar-refractivity contribution in [3.63, 3.8) is 0 Å². The maximum atomic E-state index is 5.97. The fraction of sp³-hybridized carbons (Fsp3) is 1.00. The molecule has 76 valence electrons. The minimum Gasteiger partial charge on any atom is -0.375 e. The summed E-state index contributed by atoms with van der Waals surface area (Å²) in [6, 6.07) is 0.374. The lowest BCUT2D eigenvalue weighted by Gasteiger charge is -2.41. The van der Waals surface area contributed by atoms with Gasteiger partial charge < -0.3 is 10.5 Å². The van der Waals surface area contributed by atoms with E-state index in [-0.39, 0.29) is 5.60 Å². The summed E-state index contributed by atoms with van der Waals surface area (Å²) < 4.78 is 5.86. The second-order valence-corrected chi connectivity index (χ2v) is 5.05. The first-order valence-corrected chi connectivity index (χ1v) is 5.57. The van der Waals surface area contributed by atoms with Crippen LogP contribution in [0.1, 0.15) is 45.4 Å². The van der Waals surface area contributed by atoms with Crippen molar-refractivity contribution < 1.29 is 4.74 Å². The van der Waals surface area contributed by atoms with E-state index in [2.05, 4.69) is 6.92 Å². The molecular formula is C11H21NO. The van der Waals surface area contributed by atoms with Gasteiger partial charge in [0.15, 0.2) is 0 Å². The molecule has 1 saturated heterocycles. The average Bonchev–Trinajstić information content (AvgIpc) is 1.97. The molecule has 2 unspecified atom stereocenters. The summed E-state index contributed by atoms with van der Waals surface area (Å²) in [6.07, 6.45) is 7.58. The summed E-state index contributed by atoms with van der Waals surface area (Å²) in [5.74, 6) is 0.926. The predicted molar refractivity (Wildman–Crippen MR) is 53.5 cm³/mol. The molecule has 2 atom stereocenters. The zero-order chi connectivity index (χ0) is 9.31.